The number of quaternary nitrogens is 1. The minimum atomic E-state index is -0.916. The van der Waals surface area contributed by atoms with E-state index in [1.54, 1.807) is 0 Å². The minimum Gasteiger partial charge on any atom is -0.550 e. The molecule has 12 heavy (non-hydrogen) atoms. The van der Waals surface area contributed by atoms with Crippen molar-refractivity contribution < 1.29 is 14.8 Å². The number of hydrogen-bond acceptors (Lipinski definition) is 2. The van der Waals surface area contributed by atoms with Crippen LogP contribution < -0.4 is 10.0 Å². The van der Waals surface area contributed by atoms with Gasteiger partial charge in [0, 0.05) is 12.4 Å². The molecule has 1 N–H and O–H groups in total. The summed E-state index contributed by atoms with van der Waals surface area (Å²) in [6, 6.07) is 0. The molecule has 0 atom stereocenters. The maximum absolute atomic E-state index is 10.2. The number of carbonyl (C=O) groups excluding carboxylic acids is 1. The summed E-state index contributed by atoms with van der Waals surface area (Å²) in [5.41, 5.74) is 0. The third-order valence-electron chi connectivity index (χ3n) is 2.66. The number of nitrogens with one attached hydrogen (secondary N) is 1. The topological polar surface area (TPSA) is 44.6 Å². The van der Waals surface area contributed by atoms with Gasteiger partial charge in [-0.15, -0.1) is 0 Å². The zero-order valence-corrected chi connectivity index (χ0v) is 7.64. The molecule has 0 aromatic rings. The van der Waals surface area contributed by atoms with Gasteiger partial charge in [-0.3, -0.25) is 0 Å². The monoisotopic (exact) mass is 171 g/mol. The first-order valence-electron chi connectivity index (χ1n) is 4.72. The third kappa shape index (κ3) is 3.22. The maximum Gasteiger partial charge on any atom is 0.0823 e. The Kier molecular flexibility index (Phi) is 3.53. The average molecular weight is 171 g/mol. The molecular formula is C9H17NO2. The lowest BCUT2D eigenvalue weighted by Gasteiger charge is -2.27. The van der Waals surface area contributed by atoms with Gasteiger partial charge in [0.2, 0.25) is 0 Å². The minimum absolute atomic E-state index is 0.212. The highest BCUT2D eigenvalue weighted by atomic mass is 16.4. The first-order valence-corrected chi connectivity index (χ1v) is 4.72. The molecule has 0 aliphatic carbocycles. The Morgan fingerprint density at radius 1 is 1.50 bits per heavy atom. The fourth-order valence-corrected chi connectivity index (χ4v) is 1.70. The van der Waals surface area contributed by atoms with Crippen LogP contribution in [0.1, 0.15) is 26.2 Å². The van der Waals surface area contributed by atoms with Gasteiger partial charge < -0.3 is 14.8 Å². The molecular weight excluding hydrogens is 154 g/mol. The van der Waals surface area contributed by atoms with E-state index in [1.165, 1.54) is 17.7 Å². The Morgan fingerprint density at radius 3 is 2.58 bits per heavy atom. The molecule has 0 bridgehead atoms. The smallest absolute Gasteiger partial charge is 0.0823 e. The van der Waals surface area contributed by atoms with Crippen LogP contribution in [0.25, 0.3) is 0 Å². The number of carboxylic acid groups (broad SMARTS) is 1. The molecule has 3 nitrogen and oxygen atoms in total. The fourth-order valence-electron chi connectivity index (χ4n) is 1.70. The van der Waals surface area contributed by atoms with Crippen LogP contribution in [0, 0.1) is 5.92 Å². The van der Waals surface area contributed by atoms with Crippen LogP contribution in [0.4, 0.5) is 0 Å². The molecule has 0 spiro atoms. The lowest BCUT2D eigenvalue weighted by Crippen LogP contribution is -3.13. The zero-order chi connectivity index (χ0) is 8.97. The van der Waals surface area contributed by atoms with E-state index in [-0.39, 0.29) is 6.42 Å². The van der Waals surface area contributed by atoms with Crippen molar-refractivity contribution in [3.8, 4) is 0 Å². The van der Waals surface area contributed by atoms with E-state index >= 15 is 0 Å². The number of carbonyl (C=O) groups is 1. The quantitative estimate of drug-likeness (QED) is 0.558. The zero-order valence-electron chi connectivity index (χ0n) is 7.64. The van der Waals surface area contributed by atoms with E-state index in [1.807, 2.05) is 0 Å². The van der Waals surface area contributed by atoms with Crippen molar-refractivity contribution in [1.82, 2.24) is 0 Å². The first-order chi connectivity index (χ1) is 5.68. The van der Waals surface area contributed by atoms with E-state index in [0.29, 0.717) is 0 Å². The number of rotatable bonds is 3. The van der Waals surface area contributed by atoms with E-state index in [0.717, 1.165) is 25.6 Å². The van der Waals surface area contributed by atoms with Crippen molar-refractivity contribution in [2.75, 3.05) is 19.6 Å². The van der Waals surface area contributed by atoms with Crippen LogP contribution in [0.2, 0.25) is 0 Å². The van der Waals surface area contributed by atoms with Gasteiger partial charge in [-0.2, -0.15) is 0 Å². The molecule has 70 valence electrons. The standard InChI is InChI=1S/C9H17NO2/c1-8-2-5-10(6-3-8)7-4-9(11)12/h8H,2-7H2,1H3,(H,11,12). The van der Waals surface area contributed by atoms with Crippen LogP contribution in [0.3, 0.4) is 0 Å². The SMILES string of the molecule is CC1CC[NH+](CCC(=O)[O-])CC1. The molecule has 3 heteroatoms. The third-order valence-corrected chi connectivity index (χ3v) is 2.66. The van der Waals surface area contributed by atoms with Crippen molar-refractivity contribution in [1.29, 1.82) is 0 Å². The molecule has 0 unspecified atom stereocenters. The van der Waals surface area contributed by atoms with Crippen molar-refractivity contribution in [3.05, 3.63) is 0 Å². The summed E-state index contributed by atoms with van der Waals surface area (Å²) in [6.07, 6.45) is 2.69. The van der Waals surface area contributed by atoms with Crippen molar-refractivity contribution >= 4 is 5.97 Å². The van der Waals surface area contributed by atoms with Crippen LogP contribution in [0.15, 0.2) is 0 Å². The predicted octanol–water partition coefficient (Wildman–Crippen LogP) is -1.56. The van der Waals surface area contributed by atoms with Crippen LogP contribution >= 0.6 is 0 Å². The normalized spacial score (nSPS) is 30.1. The predicted molar refractivity (Wildman–Crippen MR) is 43.6 cm³/mol. The molecule has 0 aromatic heterocycles. The average Bonchev–Trinajstić information content (AvgIpc) is 2.03. The van der Waals surface area contributed by atoms with Gasteiger partial charge in [0.1, 0.15) is 0 Å². The fraction of sp³-hybridized carbons (Fsp3) is 0.889. The van der Waals surface area contributed by atoms with Gasteiger partial charge in [0.15, 0.2) is 0 Å². The van der Waals surface area contributed by atoms with E-state index in [4.69, 9.17) is 0 Å². The second-order valence-corrected chi connectivity index (χ2v) is 3.80. The van der Waals surface area contributed by atoms with Gasteiger partial charge in [0.25, 0.3) is 0 Å². The van der Waals surface area contributed by atoms with Gasteiger partial charge >= 0.3 is 0 Å². The summed E-state index contributed by atoms with van der Waals surface area (Å²) in [7, 11) is 0. The summed E-state index contributed by atoms with van der Waals surface area (Å²) < 4.78 is 0. The van der Waals surface area contributed by atoms with E-state index in [9.17, 15) is 9.90 Å². The number of carboxylic acids is 1. The molecule has 1 rings (SSSR count). The van der Waals surface area contributed by atoms with Gasteiger partial charge in [-0.05, 0) is 18.8 Å². The highest BCUT2D eigenvalue weighted by Crippen LogP contribution is 2.06. The molecule has 1 aliphatic heterocycles. The number of likely N-dealkylation sites (tertiary alicyclic amines) is 1. The Balaban J connectivity index is 2.13. The second-order valence-electron chi connectivity index (χ2n) is 3.80. The summed E-state index contributed by atoms with van der Waals surface area (Å²) >= 11 is 0. The number of aliphatic carboxylic acids is 1. The Bertz CT molecular complexity index is 151. The molecule has 0 saturated carbocycles. The number of piperidine rings is 1. The van der Waals surface area contributed by atoms with E-state index in [2.05, 4.69) is 6.92 Å². The lowest BCUT2D eigenvalue weighted by atomic mass is 9.99. The Labute approximate surface area is 73.4 Å². The first kappa shape index (κ1) is 9.52. The van der Waals surface area contributed by atoms with Crippen molar-refractivity contribution in [3.63, 3.8) is 0 Å². The van der Waals surface area contributed by atoms with Gasteiger partial charge in [-0.1, -0.05) is 6.92 Å². The molecule has 0 radical (unpaired) electrons. The summed E-state index contributed by atoms with van der Waals surface area (Å²) in [5.74, 6) is -0.0853. The second kappa shape index (κ2) is 4.45. The highest BCUT2D eigenvalue weighted by molar-refractivity contribution is 5.64. The largest absolute Gasteiger partial charge is 0.550 e. The van der Waals surface area contributed by atoms with Crippen LogP contribution in [0.5, 0.6) is 0 Å². The molecule has 0 amide bonds. The summed E-state index contributed by atoms with van der Waals surface area (Å²) in [6.45, 7) is 5.27. The molecule has 1 aliphatic rings. The van der Waals surface area contributed by atoms with Crippen LogP contribution in [-0.2, 0) is 4.79 Å². The maximum atomic E-state index is 10.2. The summed E-state index contributed by atoms with van der Waals surface area (Å²) in [5, 5.41) is 10.2. The lowest BCUT2D eigenvalue weighted by molar-refractivity contribution is -0.905. The molecule has 1 fully saturated rings. The Hall–Kier alpha value is -0.570. The van der Waals surface area contributed by atoms with Crippen molar-refractivity contribution in [2.45, 2.75) is 26.2 Å². The van der Waals surface area contributed by atoms with E-state index < -0.39 is 5.97 Å². The van der Waals surface area contributed by atoms with Crippen LogP contribution in [-0.4, -0.2) is 25.6 Å². The van der Waals surface area contributed by atoms with Gasteiger partial charge in [0.05, 0.1) is 19.6 Å². The number of hydrogen-bond donors (Lipinski definition) is 1. The highest BCUT2D eigenvalue weighted by Gasteiger charge is 2.17. The summed E-state index contributed by atoms with van der Waals surface area (Å²) in [4.78, 5) is 11.6. The molecule has 1 saturated heterocycles. The molecule has 1 heterocycles. The molecule has 0 aromatic carbocycles. The van der Waals surface area contributed by atoms with Crippen molar-refractivity contribution in [2.24, 2.45) is 5.92 Å². The van der Waals surface area contributed by atoms with Gasteiger partial charge in [-0.25, -0.2) is 0 Å². The Morgan fingerprint density at radius 2 is 2.08 bits per heavy atom.